The number of benzene rings is 5. The molecule has 5 nitrogen and oxygen atoms in total. The summed E-state index contributed by atoms with van der Waals surface area (Å²) in [5.74, 6) is 1.81. The zero-order valence-electron chi connectivity index (χ0n) is 23.7. The summed E-state index contributed by atoms with van der Waals surface area (Å²) >= 11 is 0. The number of nitrogens with zero attached hydrogens (tertiary/aromatic N) is 5. The first-order valence-electron chi connectivity index (χ1n) is 14.5. The lowest BCUT2D eigenvalue weighted by atomic mass is 10.0. The molecule has 0 amide bonds. The van der Waals surface area contributed by atoms with Gasteiger partial charge in [-0.1, -0.05) is 127 Å². The van der Waals surface area contributed by atoms with E-state index in [0.717, 1.165) is 55.3 Å². The summed E-state index contributed by atoms with van der Waals surface area (Å²) in [7, 11) is 0. The summed E-state index contributed by atoms with van der Waals surface area (Å²) in [6, 6.07) is 49.2. The average Bonchev–Trinajstić information content (AvgIpc) is 3.12. The Labute approximate surface area is 254 Å². The van der Waals surface area contributed by atoms with E-state index in [2.05, 4.69) is 60.7 Å². The first-order chi connectivity index (χ1) is 21.8. The van der Waals surface area contributed by atoms with Crippen LogP contribution in [0.5, 0.6) is 0 Å². The van der Waals surface area contributed by atoms with Gasteiger partial charge < -0.3 is 0 Å². The lowest BCUT2D eigenvalue weighted by molar-refractivity contribution is 1.07. The fourth-order valence-electron chi connectivity index (χ4n) is 5.59. The van der Waals surface area contributed by atoms with Crippen molar-refractivity contribution >= 4 is 21.7 Å². The van der Waals surface area contributed by atoms with Gasteiger partial charge in [-0.25, -0.2) is 19.9 Å². The van der Waals surface area contributed by atoms with Gasteiger partial charge in [0, 0.05) is 33.7 Å². The summed E-state index contributed by atoms with van der Waals surface area (Å²) in [5, 5.41) is 3.32. The Morgan fingerprint density at radius 1 is 0.341 bits per heavy atom. The van der Waals surface area contributed by atoms with Gasteiger partial charge in [-0.15, -0.1) is 0 Å². The van der Waals surface area contributed by atoms with Crippen LogP contribution in [0, 0.1) is 0 Å². The maximum Gasteiger partial charge on any atom is 0.164 e. The molecule has 0 aliphatic carbocycles. The molecule has 0 aliphatic heterocycles. The van der Waals surface area contributed by atoms with Crippen LogP contribution < -0.4 is 0 Å². The van der Waals surface area contributed by atoms with Crippen LogP contribution in [0.1, 0.15) is 0 Å². The van der Waals surface area contributed by atoms with E-state index in [0.29, 0.717) is 17.5 Å². The van der Waals surface area contributed by atoms with Crippen molar-refractivity contribution in [3.8, 4) is 56.7 Å². The van der Waals surface area contributed by atoms with E-state index in [-0.39, 0.29) is 0 Å². The van der Waals surface area contributed by atoms with Gasteiger partial charge in [-0.3, -0.25) is 4.98 Å². The van der Waals surface area contributed by atoms with Gasteiger partial charge in [0.2, 0.25) is 0 Å². The first-order valence-corrected chi connectivity index (χ1v) is 14.5. The molecule has 8 aromatic rings. The largest absolute Gasteiger partial charge is 0.255 e. The van der Waals surface area contributed by atoms with Crippen molar-refractivity contribution in [3.05, 3.63) is 152 Å². The molecule has 0 unspecified atom stereocenters. The third-order valence-corrected chi connectivity index (χ3v) is 7.79. The fourth-order valence-corrected chi connectivity index (χ4v) is 5.59. The Bertz CT molecular complexity index is 2260. The van der Waals surface area contributed by atoms with Crippen LogP contribution in [0.3, 0.4) is 0 Å². The van der Waals surface area contributed by atoms with Crippen LogP contribution in [0.4, 0.5) is 0 Å². The molecule has 0 saturated carbocycles. The molecular formula is C39H25N5. The predicted molar refractivity (Wildman–Crippen MR) is 178 cm³/mol. The van der Waals surface area contributed by atoms with Gasteiger partial charge >= 0.3 is 0 Å². The zero-order valence-corrected chi connectivity index (χ0v) is 23.7. The number of rotatable bonds is 5. The van der Waals surface area contributed by atoms with Gasteiger partial charge in [-0.05, 0) is 34.7 Å². The highest BCUT2D eigenvalue weighted by Gasteiger charge is 2.16. The molecule has 206 valence electrons. The summed E-state index contributed by atoms with van der Waals surface area (Å²) in [5.41, 5.74) is 7.52. The number of para-hydroxylation sites is 1. The second-order valence-corrected chi connectivity index (χ2v) is 10.6. The van der Waals surface area contributed by atoms with E-state index in [9.17, 15) is 0 Å². The molecule has 0 saturated heterocycles. The van der Waals surface area contributed by atoms with E-state index in [4.69, 9.17) is 24.9 Å². The van der Waals surface area contributed by atoms with Crippen molar-refractivity contribution in [3.63, 3.8) is 0 Å². The van der Waals surface area contributed by atoms with Gasteiger partial charge in [-0.2, -0.15) is 0 Å². The Kier molecular flexibility index (Phi) is 6.39. The lowest BCUT2D eigenvalue weighted by Gasteiger charge is -2.11. The minimum atomic E-state index is 0.578. The van der Waals surface area contributed by atoms with Crippen LogP contribution in [0.25, 0.3) is 78.4 Å². The maximum absolute atomic E-state index is 5.06. The van der Waals surface area contributed by atoms with Crippen LogP contribution >= 0.6 is 0 Å². The third-order valence-electron chi connectivity index (χ3n) is 7.79. The SMILES string of the molecule is c1ccc(-c2ccc(-c3nc(-c4ccccc4)nc(-c4ccnc(-c5nc6ccccc6c6ccccc56)c4)n3)cc2)cc1. The normalized spacial score (nSPS) is 11.2. The standard InChI is InChI=1S/C39H25N5/c1-3-11-26(12-4-1)27-19-21-29(22-20-27)38-42-37(28-13-5-2-6-14-28)43-39(44-38)30-23-24-40-35(25-30)36-33-17-8-7-15-31(33)32-16-9-10-18-34(32)41-36/h1-25H. The molecule has 0 aliphatic rings. The monoisotopic (exact) mass is 563 g/mol. The molecule has 0 fully saturated rings. The van der Waals surface area contributed by atoms with Crippen molar-refractivity contribution in [2.45, 2.75) is 0 Å². The summed E-state index contributed by atoms with van der Waals surface area (Å²) in [6.45, 7) is 0. The van der Waals surface area contributed by atoms with Gasteiger partial charge in [0.15, 0.2) is 17.5 Å². The van der Waals surface area contributed by atoms with Gasteiger partial charge in [0.1, 0.15) is 0 Å². The zero-order chi connectivity index (χ0) is 29.3. The van der Waals surface area contributed by atoms with Gasteiger partial charge in [0.25, 0.3) is 0 Å². The fraction of sp³-hybridized carbons (Fsp3) is 0. The summed E-state index contributed by atoms with van der Waals surface area (Å²) < 4.78 is 0. The number of pyridine rings is 2. The van der Waals surface area contributed by atoms with E-state index in [1.807, 2.05) is 84.9 Å². The smallest absolute Gasteiger partial charge is 0.164 e. The number of hydrogen-bond acceptors (Lipinski definition) is 5. The van der Waals surface area contributed by atoms with Crippen molar-refractivity contribution in [1.29, 1.82) is 0 Å². The molecule has 8 rings (SSSR count). The van der Waals surface area contributed by atoms with Crippen LogP contribution in [-0.2, 0) is 0 Å². The minimum absolute atomic E-state index is 0.578. The van der Waals surface area contributed by atoms with E-state index in [1.54, 1.807) is 6.20 Å². The Hall–Kier alpha value is -6.07. The Balaban J connectivity index is 1.27. The highest BCUT2D eigenvalue weighted by Crippen LogP contribution is 2.33. The molecule has 5 aromatic carbocycles. The quantitative estimate of drug-likeness (QED) is 0.195. The number of aromatic nitrogens is 5. The van der Waals surface area contributed by atoms with Crippen molar-refractivity contribution in [2.75, 3.05) is 0 Å². The van der Waals surface area contributed by atoms with Crippen molar-refractivity contribution < 1.29 is 0 Å². The second kappa shape index (κ2) is 11.0. The summed E-state index contributed by atoms with van der Waals surface area (Å²) in [4.78, 5) is 24.6. The van der Waals surface area contributed by atoms with Crippen molar-refractivity contribution in [2.24, 2.45) is 0 Å². The molecule has 44 heavy (non-hydrogen) atoms. The molecule has 3 aromatic heterocycles. The lowest BCUT2D eigenvalue weighted by Crippen LogP contribution is -2.01. The predicted octanol–water partition coefficient (Wildman–Crippen LogP) is 9.30. The highest BCUT2D eigenvalue weighted by atomic mass is 15.0. The van der Waals surface area contributed by atoms with Crippen LogP contribution in [0.2, 0.25) is 0 Å². The second-order valence-electron chi connectivity index (χ2n) is 10.6. The molecule has 3 heterocycles. The summed E-state index contributed by atoms with van der Waals surface area (Å²) in [6.07, 6.45) is 1.80. The molecule has 0 spiro atoms. The highest BCUT2D eigenvalue weighted by molar-refractivity contribution is 6.10. The van der Waals surface area contributed by atoms with Gasteiger partial charge in [0.05, 0.1) is 16.9 Å². The van der Waals surface area contributed by atoms with Crippen LogP contribution in [-0.4, -0.2) is 24.9 Å². The number of hydrogen-bond donors (Lipinski definition) is 0. The van der Waals surface area contributed by atoms with E-state index < -0.39 is 0 Å². The Morgan fingerprint density at radius 2 is 0.841 bits per heavy atom. The third kappa shape index (κ3) is 4.76. The minimum Gasteiger partial charge on any atom is -0.255 e. The average molecular weight is 564 g/mol. The molecule has 0 atom stereocenters. The topological polar surface area (TPSA) is 64.5 Å². The number of fused-ring (bicyclic) bond motifs is 3. The van der Waals surface area contributed by atoms with Crippen molar-refractivity contribution in [1.82, 2.24) is 24.9 Å². The maximum atomic E-state index is 5.06. The molecule has 0 radical (unpaired) electrons. The molecular weight excluding hydrogens is 538 g/mol. The molecule has 0 bridgehead atoms. The molecule has 0 N–H and O–H groups in total. The molecule has 5 heteroatoms. The first kappa shape index (κ1) is 25.6. The Morgan fingerprint density at radius 3 is 1.55 bits per heavy atom. The van der Waals surface area contributed by atoms with E-state index in [1.165, 1.54) is 5.56 Å². The van der Waals surface area contributed by atoms with Crippen LogP contribution in [0.15, 0.2) is 152 Å². The van der Waals surface area contributed by atoms with E-state index >= 15 is 0 Å².